The van der Waals surface area contributed by atoms with Crippen LogP contribution in [0.3, 0.4) is 0 Å². The third-order valence-electron chi connectivity index (χ3n) is 5.69. The van der Waals surface area contributed by atoms with Gasteiger partial charge in [-0.25, -0.2) is 9.40 Å². The number of carbonyl (C=O) groups is 1. The second kappa shape index (κ2) is 8.61. The third-order valence-corrected chi connectivity index (χ3v) is 7.24. The molecule has 4 nitrogen and oxygen atoms in total. The average Bonchev–Trinajstić information content (AvgIpc) is 3.21. The number of amides is 1. The van der Waals surface area contributed by atoms with E-state index in [-0.39, 0.29) is 22.9 Å². The highest BCUT2D eigenvalue weighted by Gasteiger charge is 2.31. The Labute approximate surface area is 189 Å². The van der Waals surface area contributed by atoms with Crippen molar-refractivity contribution in [2.75, 3.05) is 13.1 Å². The van der Waals surface area contributed by atoms with Crippen LogP contribution >= 0.6 is 23.4 Å². The van der Waals surface area contributed by atoms with Gasteiger partial charge in [-0.3, -0.25) is 15.2 Å². The topological polar surface area (TPSA) is 44.7 Å². The number of thioether (sulfide) groups is 1. The number of benzene rings is 2. The van der Waals surface area contributed by atoms with Crippen molar-refractivity contribution in [1.82, 2.24) is 10.4 Å². The zero-order valence-corrected chi connectivity index (χ0v) is 18.3. The van der Waals surface area contributed by atoms with Gasteiger partial charge >= 0.3 is 0 Å². The molecule has 1 amide bonds. The first-order valence-corrected chi connectivity index (χ1v) is 11.6. The monoisotopic (exact) mass is 453 g/mol. The van der Waals surface area contributed by atoms with Crippen LogP contribution in [0.4, 0.5) is 10.1 Å². The van der Waals surface area contributed by atoms with E-state index in [1.54, 1.807) is 17.8 Å². The quantitative estimate of drug-likeness (QED) is 0.646. The predicted octanol–water partition coefficient (Wildman–Crippen LogP) is 5.72. The van der Waals surface area contributed by atoms with Gasteiger partial charge < -0.3 is 0 Å². The molecule has 0 aromatic heterocycles. The number of aliphatic imine (C=N–C) groups is 1. The number of hydrazine groups is 1. The first-order valence-electron chi connectivity index (χ1n) is 10.3. The Bertz CT molecular complexity index is 1110. The van der Waals surface area contributed by atoms with Crippen LogP contribution in [0.2, 0.25) is 5.02 Å². The van der Waals surface area contributed by atoms with Crippen molar-refractivity contribution in [2.45, 2.75) is 23.0 Å². The van der Waals surface area contributed by atoms with E-state index in [1.165, 1.54) is 6.08 Å². The van der Waals surface area contributed by atoms with Gasteiger partial charge in [0.15, 0.2) is 0 Å². The van der Waals surface area contributed by atoms with Gasteiger partial charge in [0.2, 0.25) is 0 Å². The average molecular weight is 454 g/mol. The molecule has 7 heteroatoms. The Hall–Kier alpha value is -2.41. The van der Waals surface area contributed by atoms with E-state index in [0.717, 1.165) is 47.8 Å². The Morgan fingerprint density at radius 1 is 1.16 bits per heavy atom. The number of carbonyl (C=O) groups excluding carboxylic acids is 1. The van der Waals surface area contributed by atoms with Crippen molar-refractivity contribution < 1.29 is 9.18 Å². The molecule has 2 heterocycles. The molecule has 2 aromatic rings. The van der Waals surface area contributed by atoms with Gasteiger partial charge in [0.05, 0.1) is 11.4 Å². The van der Waals surface area contributed by atoms with Crippen molar-refractivity contribution in [3.63, 3.8) is 0 Å². The largest absolute Gasteiger partial charge is 0.285 e. The van der Waals surface area contributed by atoms with Crippen LogP contribution in [0.1, 0.15) is 28.8 Å². The maximum Gasteiger partial charge on any atom is 0.265 e. The lowest BCUT2D eigenvalue weighted by Gasteiger charge is -2.23. The van der Waals surface area contributed by atoms with E-state index in [9.17, 15) is 9.18 Å². The second-order valence-electron chi connectivity index (χ2n) is 7.84. The highest BCUT2D eigenvalue weighted by atomic mass is 35.5. The molecule has 5 rings (SSSR count). The molecule has 2 atom stereocenters. The highest BCUT2D eigenvalue weighted by molar-refractivity contribution is 8.00. The molecule has 0 saturated carbocycles. The van der Waals surface area contributed by atoms with Crippen LogP contribution in [-0.4, -0.2) is 35.0 Å². The summed E-state index contributed by atoms with van der Waals surface area (Å²) in [7, 11) is 0. The van der Waals surface area contributed by atoms with Crippen molar-refractivity contribution >= 4 is 40.7 Å². The number of hydrogen-bond donors (Lipinski definition) is 1. The van der Waals surface area contributed by atoms with E-state index in [4.69, 9.17) is 16.6 Å². The summed E-state index contributed by atoms with van der Waals surface area (Å²) in [6, 6.07) is 13.1. The Morgan fingerprint density at radius 3 is 2.71 bits per heavy atom. The van der Waals surface area contributed by atoms with Crippen LogP contribution in [0, 0.1) is 5.92 Å². The van der Waals surface area contributed by atoms with E-state index < -0.39 is 0 Å². The van der Waals surface area contributed by atoms with E-state index in [2.05, 4.69) is 5.43 Å². The molecule has 0 radical (unpaired) electrons. The summed E-state index contributed by atoms with van der Waals surface area (Å²) < 4.78 is 14.1. The van der Waals surface area contributed by atoms with Gasteiger partial charge in [-0.15, -0.1) is 11.8 Å². The molecule has 158 valence electrons. The fraction of sp³-hybridized carbons (Fsp3) is 0.250. The van der Waals surface area contributed by atoms with Crippen LogP contribution in [0.5, 0.6) is 0 Å². The summed E-state index contributed by atoms with van der Waals surface area (Å²) in [4.78, 5) is 18.7. The molecule has 1 saturated heterocycles. The molecule has 1 fully saturated rings. The number of nitrogens with one attached hydrogen (secondary N) is 1. The molecule has 0 bridgehead atoms. The number of fused-ring (bicyclic) bond motifs is 2. The zero-order valence-electron chi connectivity index (χ0n) is 16.7. The van der Waals surface area contributed by atoms with Gasteiger partial charge in [-0.1, -0.05) is 29.8 Å². The first kappa shape index (κ1) is 20.5. The zero-order chi connectivity index (χ0) is 21.4. The normalized spacial score (nSPS) is 22.8. The minimum absolute atomic E-state index is 0.0834. The number of rotatable bonds is 3. The lowest BCUT2D eigenvalue weighted by Crippen LogP contribution is -2.39. The number of halogens is 2. The molecular formula is C24H21ClFN3OS. The SMILES string of the molecule is O=C(NN1CCCC1)c1ccc2c(c1)N=C(c1ccc(Cl)cc1)C1C=CC(F)=CC1S2. The molecule has 2 aromatic carbocycles. The molecule has 2 unspecified atom stereocenters. The lowest BCUT2D eigenvalue weighted by atomic mass is 9.90. The molecule has 1 N–H and O–H groups in total. The maximum absolute atomic E-state index is 14.1. The van der Waals surface area contributed by atoms with Gasteiger partial charge in [-0.05, 0) is 60.9 Å². The first-order chi connectivity index (χ1) is 15.1. The Balaban J connectivity index is 1.54. The van der Waals surface area contributed by atoms with Crippen molar-refractivity contribution in [1.29, 1.82) is 0 Å². The van der Waals surface area contributed by atoms with Crippen LogP contribution in [-0.2, 0) is 0 Å². The predicted molar refractivity (Wildman–Crippen MR) is 124 cm³/mol. The smallest absolute Gasteiger partial charge is 0.265 e. The van der Waals surface area contributed by atoms with E-state index in [0.29, 0.717) is 10.6 Å². The van der Waals surface area contributed by atoms with E-state index in [1.807, 2.05) is 53.5 Å². The number of allylic oxidation sites excluding steroid dienone is 3. The fourth-order valence-electron chi connectivity index (χ4n) is 4.09. The maximum atomic E-state index is 14.1. The summed E-state index contributed by atoms with van der Waals surface area (Å²) in [5.41, 5.74) is 6.03. The lowest BCUT2D eigenvalue weighted by molar-refractivity contribution is 0.0826. The summed E-state index contributed by atoms with van der Waals surface area (Å²) in [6.45, 7) is 1.75. The molecule has 1 aliphatic carbocycles. The molecular weight excluding hydrogens is 433 g/mol. The molecule has 0 spiro atoms. The third kappa shape index (κ3) is 4.33. The second-order valence-corrected chi connectivity index (χ2v) is 9.50. The molecule has 31 heavy (non-hydrogen) atoms. The Kier molecular flexibility index (Phi) is 5.69. The fourth-order valence-corrected chi connectivity index (χ4v) is 5.44. The van der Waals surface area contributed by atoms with Gasteiger partial charge in [-0.2, -0.15) is 0 Å². The number of nitrogens with zero attached hydrogens (tertiary/aromatic N) is 2. The summed E-state index contributed by atoms with van der Waals surface area (Å²) in [6.07, 6.45) is 7.20. The summed E-state index contributed by atoms with van der Waals surface area (Å²) in [5, 5.41) is 2.48. The van der Waals surface area contributed by atoms with Crippen LogP contribution in [0.15, 0.2) is 76.4 Å². The van der Waals surface area contributed by atoms with Gasteiger partial charge in [0.1, 0.15) is 5.83 Å². The summed E-state index contributed by atoms with van der Waals surface area (Å²) in [5.74, 6) is -0.459. The van der Waals surface area contributed by atoms with Crippen LogP contribution < -0.4 is 5.43 Å². The standard InChI is InChI=1S/C24H21ClFN3OS/c25-17-6-3-15(4-7-17)23-19-9-8-18(26)14-22(19)31-21-10-5-16(13-20(21)27-23)24(30)28-29-11-1-2-12-29/h3-10,13-14,19,22H,1-2,11-12H2,(H,28,30). The van der Waals surface area contributed by atoms with Crippen molar-refractivity contribution in [3.8, 4) is 0 Å². The minimum atomic E-state index is -0.241. The van der Waals surface area contributed by atoms with Gasteiger partial charge in [0, 0.05) is 39.7 Å². The van der Waals surface area contributed by atoms with Gasteiger partial charge in [0.25, 0.3) is 5.91 Å². The molecule has 2 aliphatic heterocycles. The highest BCUT2D eigenvalue weighted by Crippen LogP contribution is 2.43. The minimum Gasteiger partial charge on any atom is -0.285 e. The van der Waals surface area contributed by atoms with Crippen molar-refractivity contribution in [2.24, 2.45) is 10.9 Å². The molecule has 3 aliphatic rings. The summed E-state index contributed by atoms with van der Waals surface area (Å²) >= 11 is 7.65. The van der Waals surface area contributed by atoms with E-state index >= 15 is 0 Å². The Morgan fingerprint density at radius 2 is 1.94 bits per heavy atom. The van der Waals surface area contributed by atoms with Crippen molar-refractivity contribution in [3.05, 3.63) is 82.7 Å². The number of hydrogen-bond acceptors (Lipinski definition) is 4. The van der Waals surface area contributed by atoms with Crippen LogP contribution in [0.25, 0.3) is 0 Å².